The molecule has 3 rings (SSSR count). The maximum atomic E-state index is 12.5. The normalized spacial score (nSPS) is 20.0. The van der Waals surface area contributed by atoms with Crippen molar-refractivity contribution >= 4 is 15.7 Å². The zero-order valence-electron chi connectivity index (χ0n) is 12.2. The molecular weight excluding hydrogens is 302 g/mol. The zero-order chi connectivity index (χ0) is 15.7. The molecule has 1 aromatic carbocycles. The zero-order valence-corrected chi connectivity index (χ0v) is 13.0. The van der Waals surface area contributed by atoms with Crippen molar-refractivity contribution in [3.05, 3.63) is 48.3 Å². The number of benzene rings is 1. The molecule has 0 saturated carbocycles. The summed E-state index contributed by atoms with van der Waals surface area (Å²) in [5, 5.41) is 4.20. The first-order valence-electron chi connectivity index (χ1n) is 7.04. The fraction of sp³-hybridized carbons (Fsp3) is 0.333. The minimum absolute atomic E-state index is 0.0437. The number of hydrogen-bond donors (Lipinski definition) is 0. The van der Waals surface area contributed by atoms with E-state index >= 15 is 0 Å². The number of carbonyl (C=O) groups is 1. The van der Waals surface area contributed by atoms with Gasteiger partial charge in [0.15, 0.2) is 9.84 Å². The second kappa shape index (κ2) is 5.57. The predicted octanol–water partition coefficient (Wildman–Crippen LogP) is 1.13. The minimum atomic E-state index is -3.01. The van der Waals surface area contributed by atoms with E-state index in [9.17, 15) is 13.2 Å². The fourth-order valence-corrected chi connectivity index (χ4v) is 4.38. The van der Waals surface area contributed by atoms with Crippen LogP contribution in [0.3, 0.4) is 0 Å². The Morgan fingerprint density at radius 2 is 2.05 bits per heavy atom. The van der Waals surface area contributed by atoms with Crippen molar-refractivity contribution in [2.45, 2.75) is 12.5 Å². The average Bonchev–Trinajstić information content (AvgIpc) is 3.13. The lowest BCUT2D eigenvalue weighted by Crippen LogP contribution is -2.37. The van der Waals surface area contributed by atoms with Gasteiger partial charge in [-0.05, 0) is 18.6 Å². The molecule has 1 amide bonds. The molecule has 1 atom stereocenters. The van der Waals surface area contributed by atoms with Gasteiger partial charge in [0, 0.05) is 19.3 Å². The highest BCUT2D eigenvalue weighted by molar-refractivity contribution is 7.91. The van der Waals surface area contributed by atoms with Gasteiger partial charge in [-0.25, -0.2) is 13.1 Å². The van der Waals surface area contributed by atoms with E-state index in [0.29, 0.717) is 12.0 Å². The molecule has 7 heteroatoms. The molecule has 2 aromatic rings. The van der Waals surface area contributed by atoms with E-state index in [0.717, 1.165) is 5.69 Å². The standard InChI is InChI=1S/C15H17N3O3S/c1-17(14-7-8-22(20,21)11-14)15(19)12-9-16-18(10-12)13-5-3-2-4-6-13/h2-6,9-10,14H,7-8,11H2,1H3/t14-/m1/s1. The van der Waals surface area contributed by atoms with Crippen molar-refractivity contribution < 1.29 is 13.2 Å². The van der Waals surface area contributed by atoms with Crippen LogP contribution in [-0.2, 0) is 9.84 Å². The maximum Gasteiger partial charge on any atom is 0.257 e. The summed E-state index contributed by atoms with van der Waals surface area (Å²) in [7, 11) is -1.36. The summed E-state index contributed by atoms with van der Waals surface area (Å²) in [4.78, 5) is 14.0. The van der Waals surface area contributed by atoms with Crippen molar-refractivity contribution in [1.29, 1.82) is 0 Å². The monoisotopic (exact) mass is 319 g/mol. The maximum absolute atomic E-state index is 12.5. The summed E-state index contributed by atoms with van der Waals surface area (Å²) in [6, 6.07) is 9.25. The van der Waals surface area contributed by atoms with E-state index in [1.54, 1.807) is 17.9 Å². The highest BCUT2D eigenvalue weighted by atomic mass is 32.2. The van der Waals surface area contributed by atoms with E-state index in [4.69, 9.17) is 0 Å². The molecule has 0 radical (unpaired) electrons. The lowest BCUT2D eigenvalue weighted by Gasteiger charge is -2.22. The fourth-order valence-electron chi connectivity index (χ4n) is 2.61. The van der Waals surface area contributed by atoms with E-state index in [1.807, 2.05) is 30.3 Å². The lowest BCUT2D eigenvalue weighted by molar-refractivity contribution is 0.0747. The van der Waals surface area contributed by atoms with Gasteiger partial charge in [-0.2, -0.15) is 5.10 Å². The Hall–Kier alpha value is -2.15. The highest BCUT2D eigenvalue weighted by Gasteiger charge is 2.33. The summed E-state index contributed by atoms with van der Waals surface area (Å²) in [6.07, 6.45) is 3.67. The molecule has 0 aliphatic carbocycles. The van der Waals surface area contributed by atoms with Gasteiger partial charge in [-0.1, -0.05) is 18.2 Å². The van der Waals surface area contributed by atoms with E-state index in [-0.39, 0.29) is 23.5 Å². The first-order valence-corrected chi connectivity index (χ1v) is 8.86. The minimum Gasteiger partial charge on any atom is -0.338 e. The molecular formula is C15H17N3O3S. The number of amides is 1. The lowest BCUT2D eigenvalue weighted by atomic mass is 10.2. The van der Waals surface area contributed by atoms with Gasteiger partial charge in [0.1, 0.15) is 0 Å². The molecule has 22 heavy (non-hydrogen) atoms. The number of nitrogens with zero attached hydrogens (tertiary/aromatic N) is 3. The molecule has 2 heterocycles. The number of hydrogen-bond acceptors (Lipinski definition) is 4. The first kappa shape index (κ1) is 14.8. The molecule has 6 nitrogen and oxygen atoms in total. The Kier molecular flexibility index (Phi) is 3.74. The Morgan fingerprint density at radius 3 is 2.68 bits per heavy atom. The summed E-state index contributed by atoms with van der Waals surface area (Å²) < 4.78 is 24.7. The van der Waals surface area contributed by atoms with Crippen LogP contribution in [0, 0.1) is 0 Å². The number of carbonyl (C=O) groups excluding carboxylic acids is 1. The third-order valence-corrected chi connectivity index (χ3v) is 5.68. The molecule has 0 spiro atoms. The topological polar surface area (TPSA) is 72.3 Å². The van der Waals surface area contributed by atoms with Crippen LogP contribution in [0.15, 0.2) is 42.7 Å². The quantitative estimate of drug-likeness (QED) is 0.850. The Morgan fingerprint density at radius 1 is 1.32 bits per heavy atom. The molecule has 1 saturated heterocycles. The van der Waals surface area contributed by atoms with Crippen LogP contribution >= 0.6 is 0 Å². The number of sulfone groups is 1. The third-order valence-electron chi connectivity index (χ3n) is 3.93. The van der Waals surface area contributed by atoms with Gasteiger partial charge in [0.25, 0.3) is 5.91 Å². The predicted molar refractivity (Wildman–Crippen MR) is 82.7 cm³/mol. The van der Waals surface area contributed by atoms with E-state index < -0.39 is 9.84 Å². The molecule has 116 valence electrons. The smallest absolute Gasteiger partial charge is 0.257 e. The molecule has 1 aliphatic heterocycles. The van der Waals surface area contributed by atoms with Crippen molar-refractivity contribution in [2.75, 3.05) is 18.6 Å². The summed E-state index contributed by atoms with van der Waals surface area (Å²) in [5.41, 5.74) is 1.32. The van der Waals surface area contributed by atoms with Crippen LogP contribution in [0.2, 0.25) is 0 Å². The number of rotatable bonds is 3. The van der Waals surface area contributed by atoms with Gasteiger partial charge in [-0.15, -0.1) is 0 Å². The largest absolute Gasteiger partial charge is 0.338 e. The molecule has 1 aliphatic rings. The van der Waals surface area contributed by atoms with Crippen LogP contribution in [-0.4, -0.2) is 53.6 Å². The van der Waals surface area contributed by atoms with Crippen LogP contribution < -0.4 is 0 Å². The number of para-hydroxylation sites is 1. The molecule has 1 aromatic heterocycles. The Balaban J connectivity index is 1.77. The molecule has 0 N–H and O–H groups in total. The second-order valence-corrected chi connectivity index (χ2v) is 7.71. The number of aromatic nitrogens is 2. The van der Waals surface area contributed by atoms with Crippen molar-refractivity contribution in [2.24, 2.45) is 0 Å². The summed E-state index contributed by atoms with van der Waals surface area (Å²) >= 11 is 0. The van der Waals surface area contributed by atoms with Crippen molar-refractivity contribution in [3.8, 4) is 5.69 Å². The summed E-state index contributed by atoms with van der Waals surface area (Å²) in [6.45, 7) is 0. The van der Waals surface area contributed by atoms with Crippen LogP contribution in [0.4, 0.5) is 0 Å². The van der Waals surface area contributed by atoms with Crippen LogP contribution in [0.5, 0.6) is 0 Å². The summed E-state index contributed by atoms with van der Waals surface area (Å²) in [5.74, 6) is -0.00930. The Bertz CT molecular complexity index is 783. The van der Waals surface area contributed by atoms with Crippen LogP contribution in [0.25, 0.3) is 5.69 Å². The highest BCUT2D eigenvalue weighted by Crippen LogP contribution is 2.19. The first-order chi connectivity index (χ1) is 10.5. The molecule has 1 fully saturated rings. The van der Waals surface area contributed by atoms with E-state index in [2.05, 4.69) is 5.10 Å². The van der Waals surface area contributed by atoms with E-state index in [1.165, 1.54) is 11.1 Å². The van der Waals surface area contributed by atoms with Crippen molar-refractivity contribution in [1.82, 2.24) is 14.7 Å². The SMILES string of the molecule is CN(C(=O)c1cnn(-c2ccccc2)c1)[C@@H]1CCS(=O)(=O)C1. The van der Waals surface area contributed by atoms with Gasteiger partial charge in [0.05, 0.1) is 29.0 Å². The van der Waals surface area contributed by atoms with Crippen molar-refractivity contribution in [3.63, 3.8) is 0 Å². The average molecular weight is 319 g/mol. The van der Waals surface area contributed by atoms with Crippen LogP contribution in [0.1, 0.15) is 16.8 Å². The second-order valence-electron chi connectivity index (χ2n) is 5.48. The van der Waals surface area contributed by atoms with Gasteiger partial charge < -0.3 is 4.90 Å². The molecule has 0 unspecified atom stereocenters. The molecule has 0 bridgehead atoms. The Labute approximate surface area is 129 Å². The van der Waals surface area contributed by atoms with Gasteiger partial charge in [0.2, 0.25) is 0 Å². The van der Waals surface area contributed by atoms with Gasteiger partial charge in [-0.3, -0.25) is 4.79 Å². The third kappa shape index (κ3) is 2.89. The van der Waals surface area contributed by atoms with Gasteiger partial charge >= 0.3 is 0 Å².